The van der Waals surface area contributed by atoms with E-state index in [9.17, 15) is 5.11 Å². The molecule has 0 aromatic rings. The largest absolute Gasteiger partial charge is 0.389 e. The van der Waals surface area contributed by atoms with E-state index < -0.39 is 0 Å². The van der Waals surface area contributed by atoms with Crippen LogP contribution in [0.4, 0.5) is 0 Å². The quantitative estimate of drug-likeness (QED) is 0.617. The first-order valence-corrected chi connectivity index (χ1v) is 4.14. The Balaban J connectivity index is 3.65. The van der Waals surface area contributed by atoms with Crippen molar-refractivity contribution in [2.75, 3.05) is 0 Å². The molecule has 0 amide bonds. The molecule has 0 rings (SSSR count). The van der Waals surface area contributed by atoms with Crippen LogP contribution in [0, 0.1) is 5.92 Å². The number of aliphatic hydroxyl groups is 1. The second kappa shape index (κ2) is 6.17. The highest BCUT2D eigenvalue weighted by Crippen LogP contribution is 2.08. The van der Waals surface area contributed by atoms with Gasteiger partial charge in [0.15, 0.2) is 0 Å². The summed E-state index contributed by atoms with van der Waals surface area (Å²) in [7, 11) is 0. The molecule has 1 N–H and O–H groups in total. The lowest BCUT2D eigenvalue weighted by Crippen LogP contribution is -2.06. The van der Waals surface area contributed by atoms with Gasteiger partial charge in [0, 0.05) is 0 Å². The van der Waals surface area contributed by atoms with E-state index in [1.807, 2.05) is 32.1 Å². The van der Waals surface area contributed by atoms with Crippen LogP contribution in [-0.4, -0.2) is 11.2 Å². The summed E-state index contributed by atoms with van der Waals surface area (Å²) in [5.41, 5.74) is 0. The fraction of sp³-hybridized carbons (Fsp3) is 0.600. The molecule has 0 aliphatic carbocycles. The maximum Gasteiger partial charge on any atom is 0.0726 e. The van der Waals surface area contributed by atoms with E-state index in [1.165, 1.54) is 0 Å². The highest BCUT2D eigenvalue weighted by Gasteiger charge is 2.02. The molecule has 11 heavy (non-hydrogen) atoms. The Morgan fingerprint density at radius 2 is 1.73 bits per heavy atom. The lowest BCUT2D eigenvalue weighted by molar-refractivity contribution is 0.200. The van der Waals surface area contributed by atoms with E-state index in [-0.39, 0.29) is 6.10 Å². The molecule has 0 saturated carbocycles. The summed E-state index contributed by atoms with van der Waals surface area (Å²) in [5, 5.41) is 9.33. The van der Waals surface area contributed by atoms with Crippen LogP contribution in [0.1, 0.15) is 27.2 Å². The summed E-state index contributed by atoms with van der Waals surface area (Å²) in [6.07, 6.45) is 8.35. The van der Waals surface area contributed by atoms with E-state index in [0.717, 1.165) is 6.42 Å². The lowest BCUT2D eigenvalue weighted by atomic mass is 10.0. The molecule has 0 fully saturated rings. The topological polar surface area (TPSA) is 20.2 Å². The molecule has 0 radical (unpaired) electrons. The van der Waals surface area contributed by atoms with Crippen molar-refractivity contribution >= 4 is 0 Å². The van der Waals surface area contributed by atoms with E-state index >= 15 is 0 Å². The first kappa shape index (κ1) is 10.4. The Labute approximate surface area is 69.4 Å². The third-order valence-electron chi connectivity index (χ3n) is 1.55. The number of allylic oxidation sites excluding steroid dienone is 3. The molecule has 0 aliphatic rings. The average molecular weight is 154 g/mol. The van der Waals surface area contributed by atoms with Gasteiger partial charge in [-0.15, -0.1) is 0 Å². The van der Waals surface area contributed by atoms with Crippen LogP contribution < -0.4 is 0 Å². The van der Waals surface area contributed by atoms with Gasteiger partial charge >= 0.3 is 0 Å². The zero-order valence-electron chi connectivity index (χ0n) is 7.62. The zero-order chi connectivity index (χ0) is 8.69. The molecular formula is C10H18O. The minimum Gasteiger partial charge on any atom is -0.389 e. The summed E-state index contributed by atoms with van der Waals surface area (Å²) < 4.78 is 0. The van der Waals surface area contributed by atoms with Crippen molar-refractivity contribution in [1.82, 2.24) is 0 Å². The van der Waals surface area contributed by atoms with Crippen molar-refractivity contribution < 1.29 is 5.11 Å². The van der Waals surface area contributed by atoms with E-state index in [0.29, 0.717) is 5.92 Å². The highest BCUT2D eigenvalue weighted by molar-refractivity contribution is 4.91. The molecule has 0 bridgehead atoms. The van der Waals surface area contributed by atoms with Gasteiger partial charge in [0.05, 0.1) is 6.10 Å². The molecule has 1 nitrogen and oxygen atoms in total. The highest BCUT2D eigenvalue weighted by atomic mass is 16.3. The molecule has 0 aromatic heterocycles. The molecule has 0 aliphatic heterocycles. The number of aliphatic hydroxyl groups excluding tert-OH is 1. The number of rotatable bonds is 4. The zero-order valence-corrected chi connectivity index (χ0v) is 7.62. The van der Waals surface area contributed by atoms with Crippen LogP contribution in [0.2, 0.25) is 0 Å². The normalized spacial score (nSPS) is 17.8. The maximum atomic E-state index is 9.33. The van der Waals surface area contributed by atoms with E-state index in [1.54, 1.807) is 0 Å². The van der Waals surface area contributed by atoms with Gasteiger partial charge in [0.2, 0.25) is 0 Å². The molecular weight excluding hydrogens is 136 g/mol. The molecule has 0 aromatic carbocycles. The molecule has 0 heterocycles. The molecule has 0 saturated heterocycles. The third kappa shape index (κ3) is 5.86. The molecule has 0 spiro atoms. The van der Waals surface area contributed by atoms with Gasteiger partial charge in [0.25, 0.3) is 0 Å². The first-order chi connectivity index (χ1) is 5.20. The molecule has 2 unspecified atom stereocenters. The Bertz CT molecular complexity index is 120. The van der Waals surface area contributed by atoms with Crippen molar-refractivity contribution in [3.63, 3.8) is 0 Å². The van der Waals surface area contributed by atoms with Crippen molar-refractivity contribution in [3.05, 3.63) is 24.3 Å². The Morgan fingerprint density at radius 1 is 1.18 bits per heavy atom. The molecule has 2 atom stereocenters. The Morgan fingerprint density at radius 3 is 2.18 bits per heavy atom. The minimum atomic E-state index is -0.286. The van der Waals surface area contributed by atoms with E-state index in [4.69, 9.17) is 0 Å². The van der Waals surface area contributed by atoms with Crippen LogP contribution in [0.15, 0.2) is 24.3 Å². The second-order valence-electron chi connectivity index (χ2n) is 2.83. The SMILES string of the molecule is C/C=C\C(C)CC(O)/C=C/C. The smallest absolute Gasteiger partial charge is 0.0726 e. The standard InChI is InChI=1S/C10H18O/c1-4-6-9(3)8-10(11)7-5-2/h4-7,9-11H,8H2,1-3H3/b6-4-,7-5+. The summed E-state index contributed by atoms with van der Waals surface area (Å²) in [4.78, 5) is 0. The van der Waals surface area contributed by atoms with Gasteiger partial charge in [-0.2, -0.15) is 0 Å². The fourth-order valence-corrected chi connectivity index (χ4v) is 1.09. The summed E-state index contributed by atoms with van der Waals surface area (Å²) in [5.74, 6) is 0.464. The predicted octanol–water partition coefficient (Wildman–Crippen LogP) is 2.53. The van der Waals surface area contributed by atoms with Gasteiger partial charge in [0.1, 0.15) is 0 Å². The average Bonchev–Trinajstić information content (AvgIpc) is 1.87. The minimum absolute atomic E-state index is 0.286. The summed E-state index contributed by atoms with van der Waals surface area (Å²) >= 11 is 0. The Kier molecular flexibility index (Phi) is 5.86. The van der Waals surface area contributed by atoms with Crippen molar-refractivity contribution in [2.24, 2.45) is 5.92 Å². The number of hydrogen-bond acceptors (Lipinski definition) is 1. The fourth-order valence-electron chi connectivity index (χ4n) is 1.09. The van der Waals surface area contributed by atoms with Crippen molar-refractivity contribution in [1.29, 1.82) is 0 Å². The predicted molar refractivity (Wildman–Crippen MR) is 49.4 cm³/mol. The van der Waals surface area contributed by atoms with Gasteiger partial charge < -0.3 is 5.11 Å². The van der Waals surface area contributed by atoms with Gasteiger partial charge in [-0.25, -0.2) is 0 Å². The third-order valence-corrected chi connectivity index (χ3v) is 1.55. The van der Waals surface area contributed by atoms with Gasteiger partial charge in [-0.1, -0.05) is 31.2 Å². The maximum absolute atomic E-state index is 9.33. The second-order valence-corrected chi connectivity index (χ2v) is 2.83. The van der Waals surface area contributed by atoms with Crippen LogP contribution in [0.25, 0.3) is 0 Å². The van der Waals surface area contributed by atoms with Gasteiger partial charge in [-0.05, 0) is 26.2 Å². The van der Waals surface area contributed by atoms with Crippen molar-refractivity contribution in [3.8, 4) is 0 Å². The van der Waals surface area contributed by atoms with Crippen LogP contribution in [-0.2, 0) is 0 Å². The van der Waals surface area contributed by atoms with Crippen LogP contribution in [0.5, 0.6) is 0 Å². The summed E-state index contributed by atoms with van der Waals surface area (Å²) in [6.45, 7) is 6.02. The summed E-state index contributed by atoms with van der Waals surface area (Å²) in [6, 6.07) is 0. The van der Waals surface area contributed by atoms with Crippen molar-refractivity contribution in [2.45, 2.75) is 33.3 Å². The van der Waals surface area contributed by atoms with Crippen LogP contribution in [0.3, 0.4) is 0 Å². The first-order valence-electron chi connectivity index (χ1n) is 4.14. The van der Waals surface area contributed by atoms with Gasteiger partial charge in [-0.3, -0.25) is 0 Å². The van der Waals surface area contributed by atoms with E-state index in [2.05, 4.69) is 13.0 Å². The molecule has 64 valence electrons. The molecule has 1 heteroatoms. The van der Waals surface area contributed by atoms with Crippen LogP contribution >= 0.6 is 0 Å². The Hall–Kier alpha value is -0.560. The number of hydrogen-bond donors (Lipinski definition) is 1. The lowest BCUT2D eigenvalue weighted by Gasteiger charge is -2.08. The monoisotopic (exact) mass is 154 g/mol.